The lowest BCUT2D eigenvalue weighted by Gasteiger charge is -2.15. The van der Waals surface area contributed by atoms with Crippen LogP contribution in [0, 0.1) is 25.2 Å². The first kappa shape index (κ1) is 24.6. The van der Waals surface area contributed by atoms with Crippen molar-refractivity contribution < 1.29 is 17.9 Å². The third-order valence-electron chi connectivity index (χ3n) is 5.31. The van der Waals surface area contributed by atoms with E-state index in [1.807, 2.05) is 19.9 Å². The number of benzene rings is 2. The van der Waals surface area contributed by atoms with Gasteiger partial charge < -0.3 is 14.8 Å². The fraction of sp³-hybridized carbons (Fsp3) is 0.167. The highest BCUT2D eigenvalue weighted by Gasteiger charge is 2.20. The van der Waals surface area contributed by atoms with Gasteiger partial charge in [0.25, 0.3) is 0 Å². The molecule has 11 nitrogen and oxygen atoms in total. The van der Waals surface area contributed by atoms with Crippen molar-refractivity contribution in [1.82, 2.24) is 19.7 Å². The van der Waals surface area contributed by atoms with Crippen molar-refractivity contribution in [3.05, 3.63) is 65.5 Å². The molecule has 0 fully saturated rings. The van der Waals surface area contributed by atoms with Crippen LogP contribution in [0.4, 0.5) is 11.6 Å². The summed E-state index contributed by atoms with van der Waals surface area (Å²) in [4.78, 5) is 9.12. The Kier molecular flexibility index (Phi) is 6.61. The lowest BCUT2D eigenvalue weighted by atomic mass is 10.1. The minimum Gasteiger partial charge on any atom is -0.493 e. The second-order valence-electron chi connectivity index (χ2n) is 7.81. The normalized spacial score (nSPS) is 11.1. The second-order valence-corrected chi connectivity index (χ2v) is 9.37. The Bertz CT molecular complexity index is 1590. The Balaban J connectivity index is 1.90. The predicted molar refractivity (Wildman–Crippen MR) is 133 cm³/mol. The molecule has 0 aliphatic heterocycles. The molecule has 0 aliphatic carbocycles. The molecule has 4 rings (SSSR count). The number of aryl methyl sites for hydroxylation is 2. The van der Waals surface area contributed by atoms with Crippen LogP contribution in [-0.2, 0) is 10.0 Å². The van der Waals surface area contributed by atoms with E-state index in [4.69, 9.17) is 14.6 Å². The van der Waals surface area contributed by atoms with Gasteiger partial charge in [-0.2, -0.15) is 15.3 Å². The van der Waals surface area contributed by atoms with Crippen molar-refractivity contribution in [2.75, 3.05) is 19.5 Å². The summed E-state index contributed by atoms with van der Waals surface area (Å²) in [5.74, 6) is 1.53. The molecule has 2 aromatic carbocycles. The molecule has 0 saturated carbocycles. The number of primary sulfonamides is 1. The molecule has 2 aromatic heterocycles. The molecule has 0 unspecified atom stereocenters. The summed E-state index contributed by atoms with van der Waals surface area (Å²) < 4.78 is 35.6. The predicted octanol–water partition coefficient (Wildman–Crippen LogP) is 3.23. The van der Waals surface area contributed by atoms with Crippen molar-refractivity contribution in [2.24, 2.45) is 5.14 Å². The van der Waals surface area contributed by atoms with E-state index in [9.17, 15) is 13.7 Å². The molecule has 0 spiro atoms. The smallest absolute Gasteiger partial charge is 0.238 e. The van der Waals surface area contributed by atoms with E-state index < -0.39 is 10.0 Å². The van der Waals surface area contributed by atoms with E-state index in [1.54, 1.807) is 30.0 Å². The monoisotopic (exact) mass is 505 g/mol. The van der Waals surface area contributed by atoms with E-state index >= 15 is 0 Å². The summed E-state index contributed by atoms with van der Waals surface area (Å²) >= 11 is 0. The molecule has 2 heterocycles. The molecule has 184 valence electrons. The Morgan fingerprint density at radius 2 is 1.69 bits per heavy atom. The maximum atomic E-state index is 11.7. The Morgan fingerprint density at radius 3 is 2.25 bits per heavy atom. The number of hydrogen-bond donors (Lipinski definition) is 2. The number of hydrogen-bond acceptors (Lipinski definition) is 9. The number of nitrogens with two attached hydrogens (primary N) is 1. The van der Waals surface area contributed by atoms with Gasteiger partial charge in [-0.25, -0.2) is 23.2 Å². The molecule has 36 heavy (non-hydrogen) atoms. The highest BCUT2D eigenvalue weighted by Crippen LogP contribution is 2.32. The first-order valence-electron chi connectivity index (χ1n) is 10.6. The summed E-state index contributed by atoms with van der Waals surface area (Å²) in [5.41, 5.74) is 3.10. The van der Waals surface area contributed by atoms with Crippen LogP contribution in [0.25, 0.3) is 17.1 Å². The van der Waals surface area contributed by atoms with Gasteiger partial charge in [0.2, 0.25) is 16.0 Å². The number of aromatic nitrogens is 4. The van der Waals surface area contributed by atoms with Crippen LogP contribution in [0.2, 0.25) is 0 Å². The molecule has 0 aliphatic rings. The van der Waals surface area contributed by atoms with E-state index in [1.165, 1.54) is 31.4 Å². The number of sulfonamides is 1. The van der Waals surface area contributed by atoms with Gasteiger partial charge in [-0.05, 0) is 44.2 Å². The van der Waals surface area contributed by atoms with Crippen LogP contribution >= 0.6 is 0 Å². The molecule has 3 N–H and O–H groups in total. The van der Waals surface area contributed by atoms with Gasteiger partial charge in [-0.3, -0.25) is 0 Å². The molecule has 0 atom stereocenters. The van der Waals surface area contributed by atoms with Gasteiger partial charge in [0.05, 0.1) is 30.5 Å². The van der Waals surface area contributed by atoms with Crippen molar-refractivity contribution in [3.63, 3.8) is 0 Å². The Labute approximate surface area is 208 Å². The summed E-state index contributed by atoms with van der Waals surface area (Å²) in [6, 6.07) is 15.1. The maximum absolute atomic E-state index is 11.7. The molecule has 12 heteroatoms. The van der Waals surface area contributed by atoms with E-state index in [0.29, 0.717) is 28.4 Å². The van der Waals surface area contributed by atoms with Crippen LogP contribution in [0.1, 0.15) is 17.0 Å². The van der Waals surface area contributed by atoms with Crippen molar-refractivity contribution in [2.45, 2.75) is 18.7 Å². The standard InChI is InChI=1S/C24H23N7O4S/c1-14-11-15(2)31(30-14)23-19(13-25)22(16-5-8-18(9-6-16)36(26,32)33)28-24(29-23)27-17-7-10-20(34-3)21(12-17)35-4/h5-12H,1-4H3,(H2,26,32,33)(H,27,28,29). The SMILES string of the molecule is COc1ccc(Nc2nc(-c3ccc(S(N)(=O)=O)cc3)c(C#N)c(-n3nc(C)cc3C)n2)cc1OC. The summed E-state index contributed by atoms with van der Waals surface area (Å²) in [5, 5.41) is 22.9. The van der Waals surface area contributed by atoms with Gasteiger partial charge in [0.1, 0.15) is 11.6 Å². The fourth-order valence-corrected chi connectivity index (χ4v) is 4.17. The van der Waals surface area contributed by atoms with Gasteiger partial charge in [0.15, 0.2) is 17.3 Å². The van der Waals surface area contributed by atoms with Gasteiger partial charge in [-0.15, -0.1) is 0 Å². The minimum atomic E-state index is -3.88. The third-order valence-corrected chi connectivity index (χ3v) is 6.24. The number of methoxy groups -OCH3 is 2. The van der Waals surface area contributed by atoms with E-state index in [0.717, 1.165) is 11.4 Å². The zero-order valence-electron chi connectivity index (χ0n) is 20.0. The number of anilines is 2. The Morgan fingerprint density at radius 1 is 1.00 bits per heavy atom. The molecular formula is C24H23N7O4S. The summed E-state index contributed by atoms with van der Waals surface area (Å²) in [6.07, 6.45) is 0. The second kappa shape index (κ2) is 9.65. The van der Waals surface area contributed by atoms with Crippen LogP contribution in [0.5, 0.6) is 11.5 Å². The fourth-order valence-electron chi connectivity index (χ4n) is 3.66. The zero-order valence-corrected chi connectivity index (χ0v) is 20.8. The zero-order chi connectivity index (χ0) is 26.0. The van der Waals surface area contributed by atoms with Crippen LogP contribution in [0.3, 0.4) is 0 Å². The van der Waals surface area contributed by atoms with Crippen LogP contribution in [-0.4, -0.2) is 42.4 Å². The molecule has 0 radical (unpaired) electrons. The quantitative estimate of drug-likeness (QED) is 0.384. The number of nitrogens with one attached hydrogen (secondary N) is 1. The highest BCUT2D eigenvalue weighted by molar-refractivity contribution is 7.89. The molecule has 0 amide bonds. The van der Waals surface area contributed by atoms with Gasteiger partial charge in [-0.1, -0.05) is 12.1 Å². The number of ether oxygens (including phenoxy) is 2. The van der Waals surface area contributed by atoms with Crippen LogP contribution in [0.15, 0.2) is 53.4 Å². The topological polar surface area (TPSA) is 158 Å². The van der Waals surface area contributed by atoms with Crippen molar-refractivity contribution in [3.8, 4) is 34.6 Å². The van der Waals surface area contributed by atoms with Crippen molar-refractivity contribution in [1.29, 1.82) is 5.26 Å². The molecular weight excluding hydrogens is 482 g/mol. The number of nitriles is 1. The number of nitrogens with zero attached hydrogens (tertiary/aromatic N) is 5. The molecule has 4 aromatic rings. The largest absolute Gasteiger partial charge is 0.493 e. The number of rotatable bonds is 7. The van der Waals surface area contributed by atoms with Gasteiger partial charge in [0, 0.05) is 23.0 Å². The highest BCUT2D eigenvalue weighted by atomic mass is 32.2. The van der Waals surface area contributed by atoms with E-state index in [-0.39, 0.29) is 22.2 Å². The maximum Gasteiger partial charge on any atom is 0.238 e. The van der Waals surface area contributed by atoms with Crippen LogP contribution < -0.4 is 19.9 Å². The lowest BCUT2D eigenvalue weighted by Crippen LogP contribution is -2.12. The lowest BCUT2D eigenvalue weighted by molar-refractivity contribution is 0.355. The summed E-state index contributed by atoms with van der Waals surface area (Å²) in [7, 11) is -0.803. The first-order chi connectivity index (χ1) is 17.1. The van der Waals surface area contributed by atoms with Gasteiger partial charge >= 0.3 is 0 Å². The summed E-state index contributed by atoms with van der Waals surface area (Å²) in [6.45, 7) is 3.69. The molecule has 0 saturated heterocycles. The van der Waals surface area contributed by atoms with Crippen molar-refractivity contribution >= 4 is 21.7 Å². The average molecular weight is 506 g/mol. The third kappa shape index (κ3) is 4.83. The molecule has 0 bridgehead atoms. The Hall–Kier alpha value is -4.47. The average Bonchev–Trinajstić information content (AvgIpc) is 3.20. The minimum absolute atomic E-state index is 0.0544. The van der Waals surface area contributed by atoms with E-state index in [2.05, 4.69) is 26.5 Å². The first-order valence-corrected chi connectivity index (χ1v) is 12.2.